The Hall–Kier alpha value is -2.75. The van der Waals surface area contributed by atoms with Gasteiger partial charge in [-0.3, -0.25) is 10.1 Å². The second-order valence-corrected chi connectivity index (χ2v) is 9.96. The number of hydrogen-bond donors (Lipinski definition) is 0. The maximum absolute atomic E-state index is 11.1. The molecular weight excluding hydrogens is 449 g/mol. The molecule has 4 nitrogen and oxygen atoms in total. The summed E-state index contributed by atoms with van der Waals surface area (Å²) in [4.78, 5) is 10.6. The highest BCUT2D eigenvalue weighted by atomic mass is 79.9. The topological polar surface area (TPSA) is 56.3 Å². The van der Waals surface area contributed by atoms with Crippen molar-refractivity contribution in [1.29, 1.82) is 0 Å². The van der Waals surface area contributed by atoms with E-state index in [1.165, 1.54) is 22.0 Å². The molecule has 4 aromatic rings. The first-order chi connectivity index (χ1) is 13.7. The highest BCUT2D eigenvalue weighted by Gasteiger charge is 2.46. The van der Waals surface area contributed by atoms with Gasteiger partial charge in [0.1, 0.15) is 40.0 Å². The Kier molecular flexibility index (Phi) is 6.63. The average Bonchev–Trinajstić information content (AvgIpc) is 3.23. The molecule has 0 aliphatic rings. The fourth-order valence-electron chi connectivity index (χ4n) is 3.55. The van der Waals surface area contributed by atoms with Gasteiger partial charge in [0.25, 0.3) is 0 Å². The van der Waals surface area contributed by atoms with Crippen LogP contribution in [0.2, 0.25) is 0 Å². The molecule has 0 aliphatic heterocycles. The van der Waals surface area contributed by atoms with Crippen molar-refractivity contribution >= 4 is 29.1 Å². The molecule has 4 rings (SSSR count). The summed E-state index contributed by atoms with van der Waals surface area (Å²) in [6.07, 6.45) is 0.582. The number of hydrogen-bond acceptors (Lipinski definition) is 3. The summed E-state index contributed by atoms with van der Waals surface area (Å²) in [6, 6.07) is 34.3. The molecular formula is C23H19BrNO3P. The van der Waals surface area contributed by atoms with Crippen LogP contribution in [0.3, 0.4) is 0 Å². The number of rotatable bonds is 6. The second-order valence-electron chi connectivity index (χ2n) is 6.47. The van der Waals surface area contributed by atoms with Crippen molar-refractivity contribution in [3.63, 3.8) is 0 Å². The SMILES string of the molecule is O=[N+]([O-])c1ccc(C[P+](c2ccccc2)(c2ccccc2)c2ccccc2)o1.[Br-]. The van der Waals surface area contributed by atoms with Crippen LogP contribution in [0.25, 0.3) is 0 Å². The zero-order chi connectivity index (χ0) is 19.4. The van der Waals surface area contributed by atoms with Crippen LogP contribution < -0.4 is 32.9 Å². The van der Waals surface area contributed by atoms with Gasteiger partial charge in [-0.05, 0) is 42.5 Å². The van der Waals surface area contributed by atoms with Crippen LogP contribution in [-0.2, 0) is 6.16 Å². The minimum atomic E-state index is -2.11. The zero-order valence-corrected chi connectivity index (χ0v) is 18.0. The summed E-state index contributed by atoms with van der Waals surface area (Å²) in [5, 5.41) is 14.8. The van der Waals surface area contributed by atoms with Gasteiger partial charge < -0.3 is 21.4 Å². The molecule has 6 heteroatoms. The molecule has 29 heavy (non-hydrogen) atoms. The van der Waals surface area contributed by atoms with E-state index in [0.29, 0.717) is 11.9 Å². The minimum absolute atomic E-state index is 0. The van der Waals surface area contributed by atoms with Crippen molar-refractivity contribution < 1.29 is 26.3 Å². The summed E-state index contributed by atoms with van der Waals surface area (Å²) in [7, 11) is -2.11. The van der Waals surface area contributed by atoms with E-state index in [-0.39, 0.29) is 22.9 Å². The predicted molar refractivity (Wildman–Crippen MR) is 114 cm³/mol. The van der Waals surface area contributed by atoms with Crippen LogP contribution in [0, 0.1) is 10.1 Å². The van der Waals surface area contributed by atoms with E-state index in [1.54, 1.807) is 6.07 Å². The first kappa shape index (κ1) is 21.0. The number of nitrogens with zero attached hydrogens (tertiary/aromatic N) is 1. The molecule has 0 radical (unpaired) electrons. The van der Waals surface area contributed by atoms with E-state index in [2.05, 4.69) is 36.4 Å². The molecule has 0 N–H and O–H groups in total. The molecule has 3 aromatic carbocycles. The third-order valence-electron chi connectivity index (χ3n) is 4.81. The Morgan fingerprint density at radius 3 is 1.45 bits per heavy atom. The van der Waals surface area contributed by atoms with Crippen LogP contribution >= 0.6 is 7.26 Å². The molecule has 0 unspecified atom stereocenters. The van der Waals surface area contributed by atoms with Gasteiger partial charge in [0, 0.05) is 0 Å². The molecule has 0 saturated heterocycles. The molecule has 146 valence electrons. The van der Waals surface area contributed by atoms with E-state index in [1.807, 2.05) is 54.6 Å². The Labute approximate surface area is 180 Å². The Morgan fingerprint density at radius 2 is 1.10 bits per heavy atom. The van der Waals surface area contributed by atoms with E-state index in [9.17, 15) is 10.1 Å². The third kappa shape index (κ3) is 4.16. The number of benzene rings is 3. The normalized spacial score (nSPS) is 10.9. The molecule has 1 aromatic heterocycles. The summed E-state index contributed by atoms with van der Waals surface area (Å²) in [5.74, 6) is 0.402. The summed E-state index contributed by atoms with van der Waals surface area (Å²) >= 11 is 0. The fraction of sp³-hybridized carbons (Fsp3) is 0.0435. The van der Waals surface area contributed by atoms with Gasteiger partial charge in [-0.1, -0.05) is 54.6 Å². The van der Waals surface area contributed by atoms with E-state index < -0.39 is 12.2 Å². The van der Waals surface area contributed by atoms with Crippen LogP contribution in [0.4, 0.5) is 5.88 Å². The lowest BCUT2D eigenvalue weighted by Gasteiger charge is -2.26. The second kappa shape index (κ2) is 9.17. The Morgan fingerprint density at radius 1 is 0.690 bits per heavy atom. The Balaban J connectivity index is 0.00000240. The van der Waals surface area contributed by atoms with Crippen LogP contribution in [0.15, 0.2) is 108 Å². The van der Waals surface area contributed by atoms with Gasteiger partial charge in [0.15, 0.2) is 0 Å². The van der Waals surface area contributed by atoms with Crippen molar-refractivity contribution in [3.05, 3.63) is 119 Å². The van der Waals surface area contributed by atoms with Crippen molar-refractivity contribution in [2.24, 2.45) is 0 Å². The molecule has 0 spiro atoms. The zero-order valence-electron chi connectivity index (χ0n) is 15.5. The van der Waals surface area contributed by atoms with Crippen LogP contribution in [-0.4, -0.2) is 4.92 Å². The van der Waals surface area contributed by atoms with Crippen molar-refractivity contribution in [3.8, 4) is 0 Å². The van der Waals surface area contributed by atoms with Gasteiger partial charge in [0.05, 0.1) is 6.07 Å². The smallest absolute Gasteiger partial charge is 0.433 e. The predicted octanol–water partition coefficient (Wildman–Crippen LogP) is 1.69. The highest BCUT2D eigenvalue weighted by molar-refractivity contribution is 7.95. The first-order valence-electron chi connectivity index (χ1n) is 8.98. The van der Waals surface area contributed by atoms with Gasteiger partial charge >= 0.3 is 5.88 Å². The van der Waals surface area contributed by atoms with E-state index in [0.717, 1.165) is 0 Å². The molecule has 0 fully saturated rings. The monoisotopic (exact) mass is 467 g/mol. The lowest BCUT2D eigenvalue weighted by Crippen LogP contribution is -3.00. The molecule has 0 atom stereocenters. The van der Waals surface area contributed by atoms with E-state index in [4.69, 9.17) is 4.42 Å². The van der Waals surface area contributed by atoms with Gasteiger partial charge in [0.2, 0.25) is 0 Å². The van der Waals surface area contributed by atoms with Crippen LogP contribution in [0.1, 0.15) is 5.76 Å². The number of halogens is 1. The lowest BCUT2D eigenvalue weighted by atomic mass is 10.4. The lowest BCUT2D eigenvalue weighted by molar-refractivity contribution is -0.402. The summed E-state index contributed by atoms with van der Waals surface area (Å²) < 4.78 is 5.59. The van der Waals surface area contributed by atoms with Crippen LogP contribution in [0.5, 0.6) is 0 Å². The van der Waals surface area contributed by atoms with Crippen molar-refractivity contribution in [1.82, 2.24) is 0 Å². The number of nitro groups is 1. The quantitative estimate of drug-likeness (QED) is 0.246. The van der Waals surface area contributed by atoms with Gasteiger partial charge in [-0.25, -0.2) is 0 Å². The molecule has 0 saturated carbocycles. The maximum atomic E-state index is 11.1. The largest absolute Gasteiger partial charge is 1.00 e. The third-order valence-corrected chi connectivity index (χ3v) is 9.14. The standard InChI is InChI=1S/C23H19NO3P.BrH/c25-24(26)23-17-16-19(27-23)18-28(20-10-4-1-5-11-20,21-12-6-2-7-13-21)22-14-8-3-9-15-22;/h1-17H,18H2;1H/q+1;/p-1. The Bertz CT molecular complexity index is 972. The van der Waals surface area contributed by atoms with Gasteiger partial charge in [-0.2, -0.15) is 0 Å². The first-order valence-corrected chi connectivity index (χ1v) is 11.0. The molecule has 1 heterocycles. The van der Waals surface area contributed by atoms with Gasteiger partial charge in [-0.15, -0.1) is 0 Å². The minimum Gasteiger partial charge on any atom is -1.00 e. The average molecular weight is 468 g/mol. The molecule has 0 amide bonds. The van der Waals surface area contributed by atoms with E-state index >= 15 is 0 Å². The van der Waals surface area contributed by atoms with Crippen molar-refractivity contribution in [2.75, 3.05) is 0 Å². The molecule has 0 bridgehead atoms. The number of furan rings is 1. The summed E-state index contributed by atoms with van der Waals surface area (Å²) in [6.45, 7) is 0. The fourth-order valence-corrected chi connectivity index (χ4v) is 7.67. The maximum Gasteiger partial charge on any atom is 0.433 e. The molecule has 0 aliphatic carbocycles. The summed E-state index contributed by atoms with van der Waals surface area (Å²) in [5.41, 5.74) is 0. The van der Waals surface area contributed by atoms with Crippen molar-refractivity contribution in [2.45, 2.75) is 6.16 Å². The highest BCUT2D eigenvalue weighted by Crippen LogP contribution is 2.58.